The maximum absolute atomic E-state index is 12.5. The predicted molar refractivity (Wildman–Crippen MR) is 81.5 cm³/mol. The van der Waals surface area contributed by atoms with Crippen molar-refractivity contribution in [3.8, 4) is 0 Å². The molecule has 0 aromatic heterocycles. The molecule has 1 aliphatic rings. The molecule has 1 aromatic rings. The van der Waals surface area contributed by atoms with Crippen LogP contribution in [0.5, 0.6) is 0 Å². The van der Waals surface area contributed by atoms with Crippen molar-refractivity contribution in [3.05, 3.63) is 29.8 Å². The number of nitrogens with zero attached hydrogens (tertiary/aromatic N) is 1. The van der Waals surface area contributed by atoms with Gasteiger partial charge in [-0.25, -0.2) is 8.42 Å². The van der Waals surface area contributed by atoms with E-state index in [-0.39, 0.29) is 6.04 Å². The number of hydrogen-bond acceptors (Lipinski definition) is 3. The third kappa shape index (κ3) is 3.45. The summed E-state index contributed by atoms with van der Waals surface area (Å²) in [5, 5.41) is 0. The molecule has 1 atom stereocenters. The van der Waals surface area contributed by atoms with E-state index in [1.54, 1.807) is 19.2 Å². The molecule has 1 heterocycles. The van der Waals surface area contributed by atoms with Crippen LogP contribution in [0.25, 0.3) is 0 Å². The molecule has 2 rings (SSSR count). The minimum Gasteiger partial charge on any atom is -0.207 e. The Bertz CT molecular complexity index is 510. The Hall–Kier alpha value is -0.230. The number of sulfonamides is 1. The highest BCUT2D eigenvalue weighted by molar-refractivity contribution is 7.99. The first kappa shape index (κ1) is 15.2. The van der Waals surface area contributed by atoms with Crippen molar-refractivity contribution >= 4 is 33.4 Å². The molecule has 1 aliphatic heterocycles. The summed E-state index contributed by atoms with van der Waals surface area (Å²) in [6, 6.07) is 7.16. The molecule has 3 nitrogen and oxygen atoms in total. The SMILES string of the molecule is CN(C1CCSC1)S(=O)(=O)c1ccc(CCCl)cc1. The van der Waals surface area contributed by atoms with Crippen LogP contribution < -0.4 is 0 Å². The van der Waals surface area contributed by atoms with Gasteiger partial charge in [-0.15, -0.1) is 11.6 Å². The third-order valence-corrected chi connectivity index (χ3v) is 6.66. The van der Waals surface area contributed by atoms with Gasteiger partial charge in [-0.1, -0.05) is 12.1 Å². The Morgan fingerprint density at radius 1 is 1.37 bits per heavy atom. The first-order chi connectivity index (χ1) is 9.05. The van der Waals surface area contributed by atoms with Gasteiger partial charge in [-0.05, 0) is 36.3 Å². The molecule has 1 unspecified atom stereocenters. The predicted octanol–water partition coefficient (Wildman–Crippen LogP) is 2.59. The van der Waals surface area contributed by atoms with Gasteiger partial charge < -0.3 is 0 Å². The van der Waals surface area contributed by atoms with E-state index < -0.39 is 10.0 Å². The Morgan fingerprint density at radius 3 is 2.58 bits per heavy atom. The third-order valence-electron chi connectivity index (χ3n) is 3.40. The second kappa shape index (κ2) is 6.48. The highest BCUT2D eigenvalue weighted by Crippen LogP contribution is 2.26. The van der Waals surface area contributed by atoms with Crippen molar-refractivity contribution in [1.82, 2.24) is 4.31 Å². The zero-order chi connectivity index (χ0) is 13.9. The molecule has 1 saturated heterocycles. The van der Waals surface area contributed by atoms with Gasteiger partial charge in [0.25, 0.3) is 0 Å². The van der Waals surface area contributed by atoms with Crippen LogP contribution in [0.3, 0.4) is 0 Å². The summed E-state index contributed by atoms with van der Waals surface area (Å²) in [6.45, 7) is 0. The van der Waals surface area contributed by atoms with Gasteiger partial charge in [-0.3, -0.25) is 0 Å². The van der Waals surface area contributed by atoms with Crippen molar-refractivity contribution < 1.29 is 8.42 Å². The smallest absolute Gasteiger partial charge is 0.207 e. The van der Waals surface area contributed by atoms with Gasteiger partial charge in [-0.2, -0.15) is 16.1 Å². The molecule has 6 heteroatoms. The second-order valence-electron chi connectivity index (χ2n) is 4.62. The second-order valence-corrected chi connectivity index (χ2v) is 8.15. The lowest BCUT2D eigenvalue weighted by atomic mass is 10.2. The van der Waals surface area contributed by atoms with Gasteiger partial charge in [0, 0.05) is 24.7 Å². The van der Waals surface area contributed by atoms with Crippen LogP contribution in [0, 0.1) is 0 Å². The molecule has 0 aliphatic carbocycles. The molecule has 0 amide bonds. The fourth-order valence-corrected chi connectivity index (χ4v) is 5.07. The average molecular weight is 320 g/mol. The Kier molecular flexibility index (Phi) is 5.17. The van der Waals surface area contributed by atoms with E-state index >= 15 is 0 Å². The Balaban J connectivity index is 2.18. The number of alkyl halides is 1. The van der Waals surface area contributed by atoms with Crippen LogP contribution in [-0.4, -0.2) is 43.2 Å². The van der Waals surface area contributed by atoms with Gasteiger partial charge in [0.15, 0.2) is 0 Å². The lowest BCUT2D eigenvalue weighted by molar-refractivity contribution is 0.394. The fourth-order valence-electron chi connectivity index (χ4n) is 2.11. The number of halogens is 1. The van der Waals surface area contributed by atoms with Gasteiger partial charge in [0.2, 0.25) is 10.0 Å². The maximum Gasteiger partial charge on any atom is 0.243 e. The molecule has 0 N–H and O–H groups in total. The molecular weight excluding hydrogens is 302 g/mol. The lowest BCUT2D eigenvalue weighted by Gasteiger charge is -2.23. The molecular formula is C13H18ClNO2S2. The lowest BCUT2D eigenvalue weighted by Crippen LogP contribution is -2.36. The summed E-state index contributed by atoms with van der Waals surface area (Å²) in [4.78, 5) is 0.366. The summed E-state index contributed by atoms with van der Waals surface area (Å²) in [7, 11) is -1.69. The summed E-state index contributed by atoms with van der Waals surface area (Å²) in [5.74, 6) is 2.48. The Morgan fingerprint density at radius 2 is 2.05 bits per heavy atom. The van der Waals surface area contributed by atoms with E-state index in [2.05, 4.69) is 0 Å². The summed E-state index contributed by atoms with van der Waals surface area (Å²) >= 11 is 7.48. The molecule has 0 bridgehead atoms. The van der Waals surface area contributed by atoms with E-state index in [1.165, 1.54) is 4.31 Å². The van der Waals surface area contributed by atoms with Gasteiger partial charge in [0.1, 0.15) is 0 Å². The molecule has 19 heavy (non-hydrogen) atoms. The highest BCUT2D eigenvalue weighted by Gasteiger charge is 2.30. The topological polar surface area (TPSA) is 37.4 Å². The van der Waals surface area contributed by atoms with E-state index in [0.717, 1.165) is 29.9 Å². The van der Waals surface area contributed by atoms with Gasteiger partial charge >= 0.3 is 0 Å². The van der Waals surface area contributed by atoms with Crippen LogP contribution in [0.2, 0.25) is 0 Å². The summed E-state index contributed by atoms with van der Waals surface area (Å²) in [6.07, 6.45) is 1.70. The van der Waals surface area contributed by atoms with E-state index in [9.17, 15) is 8.42 Å². The number of aryl methyl sites for hydroxylation is 1. The van der Waals surface area contributed by atoms with E-state index in [0.29, 0.717) is 10.8 Å². The van der Waals surface area contributed by atoms with E-state index in [1.807, 2.05) is 23.9 Å². The largest absolute Gasteiger partial charge is 0.243 e. The molecule has 0 saturated carbocycles. The Labute approximate surface area is 124 Å². The normalized spacial score (nSPS) is 20.1. The van der Waals surface area contributed by atoms with Crippen LogP contribution in [0.1, 0.15) is 12.0 Å². The van der Waals surface area contributed by atoms with Crippen LogP contribution >= 0.6 is 23.4 Å². The average Bonchev–Trinajstić information content (AvgIpc) is 2.92. The minimum absolute atomic E-state index is 0.123. The number of rotatable bonds is 5. The quantitative estimate of drug-likeness (QED) is 0.783. The number of thioether (sulfide) groups is 1. The van der Waals surface area contributed by atoms with Crippen molar-refractivity contribution in [2.24, 2.45) is 0 Å². The molecule has 0 spiro atoms. The summed E-state index contributed by atoms with van der Waals surface area (Å²) in [5.41, 5.74) is 1.06. The molecule has 1 fully saturated rings. The minimum atomic E-state index is -3.37. The fraction of sp³-hybridized carbons (Fsp3) is 0.538. The van der Waals surface area contributed by atoms with Crippen molar-refractivity contribution in [2.45, 2.75) is 23.8 Å². The van der Waals surface area contributed by atoms with Gasteiger partial charge in [0.05, 0.1) is 4.90 Å². The molecule has 106 valence electrons. The molecule has 1 aromatic carbocycles. The summed E-state index contributed by atoms with van der Waals surface area (Å²) < 4.78 is 26.5. The number of hydrogen-bond donors (Lipinski definition) is 0. The van der Waals surface area contributed by atoms with Crippen LogP contribution in [0.15, 0.2) is 29.2 Å². The standard InChI is InChI=1S/C13H18ClNO2S2/c1-15(12-7-9-18-10-12)19(16,17)13-4-2-11(3-5-13)6-8-14/h2-5,12H,6-10H2,1H3. The van der Waals surface area contributed by atoms with Crippen molar-refractivity contribution in [2.75, 3.05) is 24.4 Å². The van der Waals surface area contributed by atoms with Crippen molar-refractivity contribution in [3.63, 3.8) is 0 Å². The first-order valence-corrected chi connectivity index (χ1v) is 9.39. The van der Waals surface area contributed by atoms with Crippen LogP contribution in [-0.2, 0) is 16.4 Å². The first-order valence-electron chi connectivity index (χ1n) is 6.26. The highest BCUT2D eigenvalue weighted by atomic mass is 35.5. The van der Waals surface area contributed by atoms with Crippen molar-refractivity contribution in [1.29, 1.82) is 0 Å². The van der Waals surface area contributed by atoms with Crippen LogP contribution in [0.4, 0.5) is 0 Å². The molecule has 0 radical (unpaired) electrons. The number of benzene rings is 1. The maximum atomic E-state index is 12.5. The van der Waals surface area contributed by atoms with E-state index in [4.69, 9.17) is 11.6 Å². The monoisotopic (exact) mass is 319 g/mol. The zero-order valence-electron chi connectivity index (χ0n) is 10.9. The zero-order valence-corrected chi connectivity index (χ0v) is 13.3.